The molecule has 0 saturated carbocycles. The molecule has 1 N–H and O–H groups in total. The van der Waals surface area contributed by atoms with Gasteiger partial charge in [-0.25, -0.2) is 0 Å². The molecule has 0 spiro atoms. The zero-order chi connectivity index (χ0) is 14.6. The van der Waals surface area contributed by atoms with E-state index in [0.717, 1.165) is 18.5 Å². The molecule has 20 heavy (non-hydrogen) atoms. The van der Waals surface area contributed by atoms with Crippen molar-refractivity contribution in [1.29, 1.82) is 0 Å². The van der Waals surface area contributed by atoms with E-state index in [4.69, 9.17) is 5.11 Å². The summed E-state index contributed by atoms with van der Waals surface area (Å²) in [6.45, 7) is 2.58. The van der Waals surface area contributed by atoms with Crippen LogP contribution in [0.5, 0.6) is 0 Å². The molecule has 1 aliphatic heterocycles. The van der Waals surface area contributed by atoms with Gasteiger partial charge in [-0.3, -0.25) is 14.6 Å². The van der Waals surface area contributed by atoms with Gasteiger partial charge in [0.15, 0.2) is 0 Å². The number of likely N-dealkylation sites (tertiary alicyclic amines) is 1. The van der Waals surface area contributed by atoms with Crippen LogP contribution in [-0.2, 0) is 16.0 Å². The number of hydrogen-bond acceptors (Lipinski definition) is 3. The third-order valence-electron chi connectivity index (χ3n) is 3.89. The van der Waals surface area contributed by atoms with Crippen LogP contribution in [0, 0.1) is 5.41 Å². The summed E-state index contributed by atoms with van der Waals surface area (Å²) in [4.78, 5) is 29.1. The van der Waals surface area contributed by atoms with Gasteiger partial charge in [0.25, 0.3) is 0 Å². The number of aromatic nitrogens is 1. The van der Waals surface area contributed by atoms with Gasteiger partial charge in [-0.05, 0) is 38.3 Å². The van der Waals surface area contributed by atoms with Gasteiger partial charge in [0.2, 0.25) is 5.91 Å². The number of aryl methyl sites for hydroxylation is 1. The van der Waals surface area contributed by atoms with Gasteiger partial charge < -0.3 is 10.0 Å². The first-order chi connectivity index (χ1) is 9.51. The minimum atomic E-state index is -0.818. The van der Waals surface area contributed by atoms with Crippen LogP contribution < -0.4 is 0 Å². The molecule has 1 amide bonds. The zero-order valence-corrected chi connectivity index (χ0v) is 11.7. The molecule has 1 aromatic heterocycles. The number of carbonyl (C=O) groups excluding carboxylic acids is 1. The lowest BCUT2D eigenvalue weighted by Gasteiger charge is -2.20. The van der Waals surface area contributed by atoms with E-state index in [2.05, 4.69) is 4.98 Å². The normalized spacial score (nSPS) is 21.9. The molecule has 0 bridgehead atoms. The number of aliphatic carboxylic acids is 1. The Hall–Kier alpha value is -1.91. The molecule has 5 nitrogen and oxygen atoms in total. The summed E-state index contributed by atoms with van der Waals surface area (Å²) in [5.74, 6) is -0.771. The minimum absolute atomic E-state index is 0.0471. The second kappa shape index (κ2) is 6.03. The monoisotopic (exact) mass is 276 g/mol. The predicted molar refractivity (Wildman–Crippen MR) is 74.1 cm³/mol. The number of carbonyl (C=O) groups is 2. The van der Waals surface area contributed by atoms with E-state index in [9.17, 15) is 9.59 Å². The van der Waals surface area contributed by atoms with Crippen LogP contribution in [0.3, 0.4) is 0 Å². The predicted octanol–water partition coefficient (Wildman–Crippen LogP) is 1.73. The Morgan fingerprint density at radius 3 is 2.85 bits per heavy atom. The van der Waals surface area contributed by atoms with Crippen molar-refractivity contribution in [1.82, 2.24) is 9.88 Å². The van der Waals surface area contributed by atoms with Crippen LogP contribution in [0.4, 0.5) is 0 Å². The van der Waals surface area contributed by atoms with Crippen LogP contribution in [-0.4, -0.2) is 40.0 Å². The highest BCUT2D eigenvalue weighted by atomic mass is 16.4. The largest absolute Gasteiger partial charge is 0.481 e. The van der Waals surface area contributed by atoms with Crippen LogP contribution in [0.2, 0.25) is 0 Å². The van der Waals surface area contributed by atoms with Crippen molar-refractivity contribution in [3.8, 4) is 0 Å². The SMILES string of the molecule is CC1(C(=O)O)CCN(C(=O)CCCc2ccccn2)C1. The summed E-state index contributed by atoms with van der Waals surface area (Å²) in [6.07, 6.45) is 4.25. The number of hydrogen-bond donors (Lipinski definition) is 1. The van der Waals surface area contributed by atoms with Crippen molar-refractivity contribution < 1.29 is 14.7 Å². The summed E-state index contributed by atoms with van der Waals surface area (Å²) in [5.41, 5.74) is 0.202. The lowest BCUT2D eigenvalue weighted by Crippen LogP contribution is -2.34. The van der Waals surface area contributed by atoms with Gasteiger partial charge in [-0.2, -0.15) is 0 Å². The maximum atomic E-state index is 12.1. The van der Waals surface area contributed by atoms with E-state index in [1.807, 2.05) is 18.2 Å². The maximum Gasteiger partial charge on any atom is 0.311 e. The second-order valence-corrected chi connectivity index (χ2v) is 5.61. The van der Waals surface area contributed by atoms with Crippen LogP contribution in [0.15, 0.2) is 24.4 Å². The molecule has 1 atom stereocenters. The molecule has 2 rings (SSSR count). The number of nitrogens with zero attached hydrogens (tertiary/aromatic N) is 2. The van der Waals surface area contributed by atoms with Gasteiger partial charge in [-0.15, -0.1) is 0 Å². The molecule has 1 aromatic rings. The molecular weight excluding hydrogens is 256 g/mol. The highest BCUT2D eigenvalue weighted by Gasteiger charge is 2.41. The Kier molecular flexibility index (Phi) is 4.37. The molecular formula is C15H20N2O3. The second-order valence-electron chi connectivity index (χ2n) is 5.61. The molecule has 0 aliphatic carbocycles. The molecule has 1 fully saturated rings. The molecule has 108 valence electrons. The quantitative estimate of drug-likeness (QED) is 0.889. The first kappa shape index (κ1) is 14.5. The Bertz CT molecular complexity index is 489. The first-order valence-corrected chi connectivity index (χ1v) is 6.92. The van der Waals surface area contributed by atoms with Gasteiger partial charge in [0.1, 0.15) is 0 Å². The lowest BCUT2D eigenvalue weighted by atomic mass is 9.90. The van der Waals surface area contributed by atoms with E-state index >= 15 is 0 Å². The van der Waals surface area contributed by atoms with Crippen molar-refractivity contribution in [3.05, 3.63) is 30.1 Å². The summed E-state index contributed by atoms with van der Waals surface area (Å²) < 4.78 is 0. The van der Waals surface area contributed by atoms with Gasteiger partial charge in [0, 0.05) is 31.4 Å². The number of carboxylic acid groups (broad SMARTS) is 1. The summed E-state index contributed by atoms with van der Waals surface area (Å²) in [6, 6.07) is 5.75. The van der Waals surface area contributed by atoms with E-state index in [0.29, 0.717) is 25.9 Å². The molecule has 1 aliphatic rings. The fourth-order valence-corrected chi connectivity index (χ4v) is 2.47. The van der Waals surface area contributed by atoms with Gasteiger partial charge in [-0.1, -0.05) is 6.07 Å². The molecule has 0 radical (unpaired) electrons. The van der Waals surface area contributed by atoms with Crippen LogP contribution in [0.25, 0.3) is 0 Å². The highest BCUT2D eigenvalue weighted by molar-refractivity contribution is 5.80. The standard InChI is InChI=1S/C15H20N2O3/c1-15(14(19)20)8-10-17(11-15)13(18)7-4-6-12-5-2-3-9-16-12/h2-3,5,9H,4,6-8,10-11H2,1H3,(H,19,20). The Morgan fingerprint density at radius 2 is 2.25 bits per heavy atom. The smallest absolute Gasteiger partial charge is 0.311 e. The third kappa shape index (κ3) is 3.35. The molecule has 1 unspecified atom stereocenters. The van der Waals surface area contributed by atoms with E-state index in [1.165, 1.54) is 0 Å². The van der Waals surface area contributed by atoms with Crippen molar-refractivity contribution >= 4 is 11.9 Å². The van der Waals surface area contributed by atoms with Gasteiger partial charge >= 0.3 is 5.97 Å². The van der Waals surface area contributed by atoms with E-state index in [-0.39, 0.29) is 5.91 Å². The average molecular weight is 276 g/mol. The van der Waals surface area contributed by atoms with E-state index < -0.39 is 11.4 Å². The van der Waals surface area contributed by atoms with E-state index in [1.54, 1.807) is 18.0 Å². The lowest BCUT2D eigenvalue weighted by molar-refractivity contribution is -0.147. The molecule has 5 heteroatoms. The highest BCUT2D eigenvalue weighted by Crippen LogP contribution is 2.30. The maximum absolute atomic E-state index is 12.1. The van der Waals surface area contributed by atoms with Crippen LogP contribution >= 0.6 is 0 Å². The van der Waals surface area contributed by atoms with Crippen molar-refractivity contribution in [2.75, 3.05) is 13.1 Å². The number of carboxylic acids is 1. The Balaban J connectivity index is 1.78. The first-order valence-electron chi connectivity index (χ1n) is 6.92. The van der Waals surface area contributed by atoms with Crippen molar-refractivity contribution in [2.45, 2.75) is 32.6 Å². The fraction of sp³-hybridized carbons (Fsp3) is 0.533. The summed E-state index contributed by atoms with van der Waals surface area (Å²) >= 11 is 0. The van der Waals surface area contributed by atoms with Crippen molar-refractivity contribution in [3.63, 3.8) is 0 Å². The van der Waals surface area contributed by atoms with Crippen LogP contribution in [0.1, 0.15) is 31.9 Å². The molecule has 2 heterocycles. The van der Waals surface area contributed by atoms with Gasteiger partial charge in [0.05, 0.1) is 5.41 Å². The molecule has 1 saturated heterocycles. The summed E-state index contributed by atoms with van der Waals surface area (Å²) in [5, 5.41) is 9.15. The zero-order valence-electron chi connectivity index (χ0n) is 11.7. The third-order valence-corrected chi connectivity index (χ3v) is 3.89. The topological polar surface area (TPSA) is 70.5 Å². The summed E-state index contributed by atoms with van der Waals surface area (Å²) in [7, 11) is 0. The number of pyridine rings is 1. The average Bonchev–Trinajstić information content (AvgIpc) is 2.84. The number of amides is 1. The fourth-order valence-electron chi connectivity index (χ4n) is 2.47. The Labute approximate surface area is 118 Å². The Morgan fingerprint density at radius 1 is 1.45 bits per heavy atom. The number of rotatable bonds is 5. The molecule has 0 aromatic carbocycles. The van der Waals surface area contributed by atoms with Crippen molar-refractivity contribution in [2.24, 2.45) is 5.41 Å². The minimum Gasteiger partial charge on any atom is -0.481 e.